The Morgan fingerprint density at radius 3 is 2.50 bits per heavy atom. The first-order valence-corrected chi connectivity index (χ1v) is 7.07. The highest BCUT2D eigenvalue weighted by Gasteiger charge is 2.20. The molecule has 9 heteroatoms. The van der Waals surface area contributed by atoms with E-state index in [1.807, 2.05) is 0 Å². The largest absolute Gasteiger partial charge is 0.493 e. The van der Waals surface area contributed by atoms with E-state index in [0.29, 0.717) is 24.5 Å². The molecule has 1 aromatic carbocycles. The summed E-state index contributed by atoms with van der Waals surface area (Å²) >= 11 is 4.02. The number of nitro groups is 1. The average Bonchev–Trinajstić information content (AvgIpc) is 2.52. The number of ether oxygens (including phenoxy) is 3. The summed E-state index contributed by atoms with van der Waals surface area (Å²) in [5.41, 5.74) is 0.00723. The molecule has 0 bridgehead atoms. The minimum Gasteiger partial charge on any atom is -0.493 e. The maximum atomic E-state index is 11.5. The van der Waals surface area contributed by atoms with E-state index in [1.54, 1.807) is 0 Å². The average molecular weight is 330 g/mol. The molecule has 0 spiro atoms. The molecule has 1 amide bonds. The lowest BCUT2D eigenvalue weighted by Gasteiger charge is -2.11. The number of methoxy groups -OCH3 is 2. The van der Waals surface area contributed by atoms with Gasteiger partial charge in [0.2, 0.25) is 0 Å². The van der Waals surface area contributed by atoms with E-state index in [2.05, 4.69) is 17.9 Å². The first kappa shape index (κ1) is 17.9. The molecule has 1 aromatic rings. The zero-order chi connectivity index (χ0) is 16.5. The standard InChI is InChI=1S/C13H18N2O6S/c1-19-11-6-9(8-21-13(16)14-4-3-5-22)10(15(17)18)7-12(11)20-2/h6-7,22H,3-5,8H2,1-2H3,(H,14,16). The van der Waals surface area contributed by atoms with Gasteiger partial charge in [0.15, 0.2) is 11.5 Å². The first-order chi connectivity index (χ1) is 10.5. The third-order valence-corrected chi connectivity index (χ3v) is 3.06. The van der Waals surface area contributed by atoms with Crippen molar-refractivity contribution < 1.29 is 23.9 Å². The van der Waals surface area contributed by atoms with Crippen molar-refractivity contribution in [2.45, 2.75) is 13.0 Å². The number of carbonyl (C=O) groups is 1. The van der Waals surface area contributed by atoms with Crippen LogP contribution in [-0.4, -0.2) is 37.5 Å². The summed E-state index contributed by atoms with van der Waals surface area (Å²) < 4.78 is 15.1. The number of benzene rings is 1. The number of carbonyl (C=O) groups excluding carboxylic acids is 1. The van der Waals surface area contributed by atoms with Crippen LogP contribution >= 0.6 is 12.6 Å². The molecular formula is C13H18N2O6S. The van der Waals surface area contributed by atoms with Crippen LogP contribution in [0.15, 0.2) is 12.1 Å². The van der Waals surface area contributed by atoms with Gasteiger partial charge >= 0.3 is 6.09 Å². The molecule has 0 fully saturated rings. The maximum absolute atomic E-state index is 11.5. The zero-order valence-electron chi connectivity index (χ0n) is 12.3. The summed E-state index contributed by atoms with van der Waals surface area (Å²) in [6.45, 7) is 0.180. The Labute approximate surface area is 133 Å². The summed E-state index contributed by atoms with van der Waals surface area (Å²) in [7, 11) is 2.80. The van der Waals surface area contributed by atoms with Gasteiger partial charge in [-0.3, -0.25) is 10.1 Å². The fourth-order valence-electron chi connectivity index (χ4n) is 1.66. The molecular weight excluding hydrogens is 312 g/mol. The number of nitrogens with one attached hydrogen (secondary N) is 1. The quantitative estimate of drug-likeness (QED) is 0.328. The highest BCUT2D eigenvalue weighted by atomic mass is 32.1. The van der Waals surface area contributed by atoms with E-state index in [9.17, 15) is 14.9 Å². The van der Waals surface area contributed by atoms with Crippen molar-refractivity contribution >= 4 is 24.4 Å². The van der Waals surface area contributed by atoms with Gasteiger partial charge in [-0.25, -0.2) is 4.79 Å². The SMILES string of the molecule is COc1cc(COC(=O)NCCCS)c([N+](=O)[O-])cc1OC. The number of hydrogen-bond acceptors (Lipinski definition) is 7. The zero-order valence-corrected chi connectivity index (χ0v) is 13.2. The van der Waals surface area contributed by atoms with E-state index in [4.69, 9.17) is 14.2 Å². The van der Waals surface area contributed by atoms with Crippen molar-refractivity contribution in [3.05, 3.63) is 27.8 Å². The monoisotopic (exact) mass is 330 g/mol. The van der Waals surface area contributed by atoms with Gasteiger partial charge in [0, 0.05) is 6.54 Å². The summed E-state index contributed by atoms with van der Waals surface area (Å²) in [6.07, 6.45) is 0.0557. The van der Waals surface area contributed by atoms with Crippen molar-refractivity contribution in [1.82, 2.24) is 5.32 Å². The highest BCUT2D eigenvalue weighted by Crippen LogP contribution is 2.34. The molecule has 1 N–H and O–H groups in total. The lowest BCUT2D eigenvalue weighted by molar-refractivity contribution is -0.385. The van der Waals surface area contributed by atoms with Crippen molar-refractivity contribution in [3.8, 4) is 11.5 Å². The van der Waals surface area contributed by atoms with E-state index < -0.39 is 11.0 Å². The van der Waals surface area contributed by atoms with E-state index in [1.165, 1.54) is 26.4 Å². The molecule has 0 heterocycles. The molecule has 0 aliphatic rings. The number of nitrogens with zero attached hydrogens (tertiary/aromatic N) is 1. The molecule has 0 unspecified atom stereocenters. The Morgan fingerprint density at radius 2 is 1.95 bits per heavy atom. The number of amides is 1. The van der Waals surface area contributed by atoms with Crippen LogP contribution in [0.4, 0.5) is 10.5 Å². The van der Waals surface area contributed by atoms with E-state index >= 15 is 0 Å². The first-order valence-electron chi connectivity index (χ1n) is 6.44. The fourth-order valence-corrected chi connectivity index (χ4v) is 1.82. The molecule has 22 heavy (non-hydrogen) atoms. The molecule has 0 atom stereocenters. The Kier molecular flexibility index (Phi) is 7.30. The normalized spacial score (nSPS) is 9.95. The van der Waals surface area contributed by atoms with Crippen molar-refractivity contribution in [2.24, 2.45) is 0 Å². The van der Waals surface area contributed by atoms with Crippen LogP contribution in [0.1, 0.15) is 12.0 Å². The summed E-state index contributed by atoms with van der Waals surface area (Å²) in [4.78, 5) is 22.0. The van der Waals surface area contributed by atoms with Crippen molar-refractivity contribution in [2.75, 3.05) is 26.5 Å². The molecule has 8 nitrogen and oxygen atoms in total. The minimum absolute atomic E-state index is 0.208. The van der Waals surface area contributed by atoms with Crippen LogP contribution in [0, 0.1) is 10.1 Å². The number of nitro benzene ring substituents is 1. The number of hydrogen-bond donors (Lipinski definition) is 2. The third kappa shape index (κ3) is 4.99. The van der Waals surface area contributed by atoms with Crippen LogP contribution in [0.5, 0.6) is 11.5 Å². The lowest BCUT2D eigenvalue weighted by Crippen LogP contribution is -2.25. The van der Waals surface area contributed by atoms with Gasteiger partial charge < -0.3 is 19.5 Å². The third-order valence-electron chi connectivity index (χ3n) is 2.74. The molecule has 0 saturated carbocycles. The van der Waals surface area contributed by atoms with Gasteiger partial charge in [-0.15, -0.1) is 0 Å². The molecule has 1 rings (SSSR count). The molecule has 0 saturated heterocycles. The predicted molar refractivity (Wildman–Crippen MR) is 82.9 cm³/mol. The fraction of sp³-hybridized carbons (Fsp3) is 0.462. The Morgan fingerprint density at radius 1 is 1.32 bits per heavy atom. The van der Waals surface area contributed by atoms with Crippen LogP contribution in [0.25, 0.3) is 0 Å². The molecule has 0 radical (unpaired) electrons. The Hall–Kier alpha value is -2.16. The van der Waals surface area contributed by atoms with Gasteiger partial charge in [-0.2, -0.15) is 12.6 Å². The summed E-state index contributed by atoms with van der Waals surface area (Å²) in [6, 6.07) is 2.65. The van der Waals surface area contributed by atoms with Gasteiger partial charge in [0.25, 0.3) is 5.69 Å². The van der Waals surface area contributed by atoms with Crippen LogP contribution in [-0.2, 0) is 11.3 Å². The molecule has 122 valence electrons. The van der Waals surface area contributed by atoms with Gasteiger partial charge in [-0.1, -0.05) is 0 Å². The summed E-state index contributed by atoms with van der Waals surface area (Å²) in [5.74, 6) is 1.19. The molecule has 0 aromatic heterocycles. The number of thiol groups is 1. The highest BCUT2D eigenvalue weighted by molar-refractivity contribution is 7.80. The van der Waals surface area contributed by atoms with Gasteiger partial charge in [0.05, 0.1) is 30.8 Å². The predicted octanol–water partition coefficient (Wildman–Crippen LogP) is 2.16. The second-order valence-electron chi connectivity index (χ2n) is 4.17. The Balaban J connectivity index is 2.84. The second kappa shape index (κ2) is 8.98. The molecule has 0 aliphatic carbocycles. The second-order valence-corrected chi connectivity index (χ2v) is 4.62. The number of alkyl carbamates (subject to hydrolysis) is 1. The van der Waals surface area contributed by atoms with Crippen molar-refractivity contribution in [3.63, 3.8) is 0 Å². The topological polar surface area (TPSA) is 99.9 Å². The van der Waals surface area contributed by atoms with E-state index in [0.717, 1.165) is 0 Å². The van der Waals surface area contributed by atoms with Crippen LogP contribution in [0.2, 0.25) is 0 Å². The lowest BCUT2D eigenvalue weighted by atomic mass is 10.1. The van der Waals surface area contributed by atoms with Crippen molar-refractivity contribution in [1.29, 1.82) is 0 Å². The van der Waals surface area contributed by atoms with E-state index in [-0.39, 0.29) is 23.6 Å². The van der Waals surface area contributed by atoms with Crippen LogP contribution < -0.4 is 14.8 Å². The smallest absolute Gasteiger partial charge is 0.407 e. The molecule has 0 aliphatic heterocycles. The van der Waals surface area contributed by atoms with Gasteiger partial charge in [-0.05, 0) is 18.2 Å². The Bertz CT molecular complexity index is 538. The maximum Gasteiger partial charge on any atom is 0.407 e. The summed E-state index contributed by atoms with van der Waals surface area (Å²) in [5, 5.41) is 13.6. The number of rotatable bonds is 8. The van der Waals surface area contributed by atoms with Crippen LogP contribution in [0.3, 0.4) is 0 Å². The minimum atomic E-state index is -0.647. The van der Waals surface area contributed by atoms with Gasteiger partial charge in [0.1, 0.15) is 6.61 Å².